The Kier molecular flexibility index (Phi) is 3.62. The summed E-state index contributed by atoms with van der Waals surface area (Å²) < 4.78 is 5.07. The molecule has 1 aromatic heterocycles. The van der Waals surface area contributed by atoms with Gasteiger partial charge in [-0.3, -0.25) is 4.79 Å². The van der Waals surface area contributed by atoms with Gasteiger partial charge < -0.3 is 15.5 Å². The van der Waals surface area contributed by atoms with Gasteiger partial charge in [-0.2, -0.15) is 0 Å². The molecule has 0 aliphatic heterocycles. The first-order valence-electron chi connectivity index (χ1n) is 5.70. The van der Waals surface area contributed by atoms with Crippen molar-refractivity contribution in [3.05, 3.63) is 42.1 Å². The molecule has 0 atom stereocenters. The summed E-state index contributed by atoms with van der Waals surface area (Å²) in [5.74, 6) is 0.520. The zero-order valence-electron chi connectivity index (χ0n) is 10.1. The maximum atomic E-state index is 11.7. The second-order valence-electron chi connectivity index (χ2n) is 3.99. The van der Waals surface area contributed by atoms with Gasteiger partial charge in [0.25, 0.3) is 0 Å². The fourth-order valence-electron chi connectivity index (χ4n) is 1.59. The molecule has 18 heavy (non-hydrogen) atoms. The standard InChI is InChI=1S/C13H15N3O2/c1-9-15-10(8-18-9)6-7-13(17)16-12-5-3-2-4-11(12)14/h2-5,8H,6-7,14H2,1H3,(H,16,17). The number of nitrogen functional groups attached to an aromatic ring is 1. The van der Waals surface area contributed by atoms with Crippen LogP contribution in [-0.4, -0.2) is 10.9 Å². The lowest BCUT2D eigenvalue weighted by Crippen LogP contribution is -2.13. The summed E-state index contributed by atoms with van der Waals surface area (Å²) in [6.45, 7) is 1.77. The fourth-order valence-corrected chi connectivity index (χ4v) is 1.59. The second-order valence-corrected chi connectivity index (χ2v) is 3.99. The molecule has 0 aliphatic carbocycles. The number of amides is 1. The van der Waals surface area contributed by atoms with Gasteiger partial charge in [0.2, 0.25) is 5.91 Å². The molecule has 1 heterocycles. The number of carbonyl (C=O) groups excluding carboxylic acids is 1. The zero-order valence-corrected chi connectivity index (χ0v) is 10.1. The van der Waals surface area contributed by atoms with Gasteiger partial charge in [-0.1, -0.05) is 12.1 Å². The number of rotatable bonds is 4. The molecule has 2 aromatic rings. The fraction of sp³-hybridized carbons (Fsp3) is 0.231. The summed E-state index contributed by atoms with van der Waals surface area (Å²) in [4.78, 5) is 15.9. The number of aryl methyl sites for hydroxylation is 2. The summed E-state index contributed by atoms with van der Waals surface area (Å²) in [6.07, 6.45) is 2.47. The SMILES string of the molecule is Cc1nc(CCC(=O)Nc2ccccc2N)co1. The number of aromatic nitrogens is 1. The van der Waals surface area contributed by atoms with Crippen molar-refractivity contribution in [2.75, 3.05) is 11.1 Å². The van der Waals surface area contributed by atoms with Crippen LogP contribution >= 0.6 is 0 Å². The molecule has 94 valence electrons. The van der Waals surface area contributed by atoms with Crippen LogP contribution < -0.4 is 11.1 Å². The molecule has 0 saturated heterocycles. The lowest BCUT2D eigenvalue weighted by molar-refractivity contribution is -0.116. The Labute approximate surface area is 105 Å². The molecular weight excluding hydrogens is 230 g/mol. The van der Waals surface area contributed by atoms with Crippen LogP contribution in [0.4, 0.5) is 11.4 Å². The number of carbonyl (C=O) groups is 1. The highest BCUT2D eigenvalue weighted by Gasteiger charge is 2.07. The van der Waals surface area contributed by atoms with Gasteiger partial charge in [-0.05, 0) is 12.1 Å². The van der Waals surface area contributed by atoms with E-state index in [-0.39, 0.29) is 5.91 Å². The van der Waals surface area contributed by atoms with E-state index in [1.807, 2.05) is 12.1 Å². The summed E-state index contributed by atoms with van der Waals surface area (Å²) in [6, 6.07) is 7.17. The molecule has 2 rings (SSSR count). The number of hydrogen-bond acceptors (Lipinski definition) is 4. The lowest BCUT2D eigenvalue weighted by Gasteiger charge is -2.06. The van der Waals surface area contributed by atoms with Crippen LogP contribution in [0.15, 0.2) is 34.9 Å². The van der Waals surface area contributed by atoms with Gasteiger partial charge in [0, 0.05) is 19.8 Å². The maximum absolute atomic E-state index is 11.7. The molecular formula is C13H15N3O2. The van der Waals surface area contributed by atoms with Crippen molar-refractivity contribution in [3.8, 4) is 0 Å². The van der Waals surface area contributed by atoms with E-state index in [9.17, 15) is 4.79 Å². The summed E-state index contributed by atoms with van der Waals surface area (Å²) >= 11 is 0. The van der Waals surface area contributed by atoms with Gasteiger partial charge in [0.1, 0.15) is 6.26 Å². The minimum Gasteiger partial charge on any atom is -0.449 e. The smallest absolute Gasteiger partial charge is 0.224 e. The van der Waals surface area contributed by atoms with Crippen molar-refractivity contribution in [2.24, 2.45) is 0 Å². The van der Waals surface area contributed by atoms with E-state index < -0.39 is 0 Å². The molecule has 0 radical (unpaired) electrons. The zero-order chi connectivity index (χ0) is 13.0. The number of benzene rings is 1. The van der Waals surface area contributed by atoms with Crippen molar-refractivity contribution in [1.29, 1.82) is 0 Å². The third kappa shape index (κ3) is 3.10. The van der Waals surface area contributed by atoms with Crippen LogP contribution in [0.3, 0.4) is 0 Å². The molecule has 1 aromatic carbocycles. The Bertz CT molecular complexity index is 549. The van der Waals surface area contributed by atoms with Gasteiger partial charge in [0.05, 0.1) is 17.1 Å². The number of para-hydroxylation sites is 2. The topological polar surface area (TPSA) is 81.2 Å². The van der Waals surface area contributed by atoms with E-state index in [0.717, 1.165) is 5.69 Å². The number of nitrogens with zero attached hydrogens (tertiary/aromatic N) is 1. The minimum atomic E-state index is -0.0893. The molecule has 1 amide bonds. The first-order chi connectivity index (χ1) is 8.65. The third-order valence-electron chi connectivity index (χ3n) is 2.51. The normalized spacial score (nSPS) is 10.3. The van der Waals surface area contributed by atoms with E-state index >= 15 is 0 Å². The van der Waals surface area contributed by atoms with E-state index in [0.29, 0.717) is 30.1 Å². The molecule has 0 bridgehead atoms. The Balaban J connectivity index is 1.88. The highest BCUT2D eigenvalue weighted by molar-refractivity contribution is 5.93. The predicted molar refractivity (Wildman–Crippen MR) is 69.0 cm³/mol. The number of oxazole rings is 1. The molecule has 0 saturated carbocycles. The molecule has 0 spiro atoms. The second kappa shape index (κ2) is 5.35. The number of hydrogen-bond donors (Lipinski definition) is 2. The maximum Gasteiger partial charge on any atom is 0.224 e. The van der Waals surface area contributed by atoms with Crippen molar-refractivity contribution in [2.45, 2.75) is 19.8 Å². The van der Waals surface area contributed by atoms with E-state index in [1.54, 1.807) is 25.3 Å². The Morgan fingerprint density at radius 2 is 2.22 bits per heavy atom. The van der Waals surface area contributed by atoms with Gasteiger partial charge in [0.15, 0.2) is 5.89 Å². The molecule has 3 N–H and O–H groups in total. The van der Waals surface area contributed by atoms with Gasteiger partial charge in [-0.25, -0.2) is 4.98 Å². The molecule has 0 aliphatic rings. The molecule has 5 heteroatoms. The van der Waals surface area contributed by atoms with Crippen LogP contribution in [0.1, 0.15) is 18.0 Å². The Morgan fingerprint density at radius 1 is 1.44 bits per heavy atom. The molecule has 0 unspecified atom stereocenters. The van der Waals surface area contributed by atoms with Crippen molar-refractivity contribution < 1.29 is 9.21 Å². The van der Waals surface area contributed by atoms with Crippen LogP contribution in [0.5, 0.6) is 0 Å². The average Bonchev–Trinajstić information content (AvgIpc) is 2.76. The Hall–Kier alpha value is -2.30. The van der Waals surface area contributed by atoms with Crippen LogP contribution in [0, 0.1) is 6.92 Å². The van der Waals surface area contributed by atoms with Crippen molar-refractivity contribution in [1.82, 2.24) is 4.98 Å². The lowest BCUT2D eigenvalue weighted by atomic mass is 10.2. The highest BCUT2D eigenvalue weighted by Crippen LogP contribution is 2.17. The molecule has 5 nitrogen and oxygen atoms in total. The first kappa shape index (κ1) is 12.2. The van der Waals surface area contributed by atoms with E-state index in [1.165, 1.54) is 0 Å². The average molecular weight is 245 g/mol. The third-order valence-corrected chi connectivity index (χ3v) is 2.51. The van der Waals surface area contributed by atoms with E-state index in [4.69, 9.17) is 10.2 Å². The number of nitrogens with one attached hydrogen (secondary N) is 1. The Morgan fingerprint density at radius 3 is 2.89 bits per heavy atom. The van der Waals surface area contributed by atoms with Crippen LogP contribution in [-0.2, 0) is 11.2 Å². The van der Waals surface area contributed by atoms with Gasteiger partial charge >= 0.3 is 0 Å². The minimum absolute atomic E-state index is 0.0893. The van der Waals surface area contributed by atoms with E-state index in [2.05, 4.69) is 10.3 Å². The molecule has 0 fully saturated rings. The number of anilines is 2. The first-order valence-corrected chi connectivity index (χ1v) is 5.70. The van der Waals surface area contributed by atoms with Crippen molar-refractivity contribution >= 4 is 17.3 Å². The quantitative estimate of drug-likeness (QED) is 0.808. The van der Waals surface area contributed by atoms with Crippen molar-refractivity contribution in [3.63, 3.8) is 0 Å². The summed E-state index contributed by atoms with van der Waals surface area (Å²) in [5, 5.41) is 2.76. The highest BCUT2D eigenvalue weighted by atomic mass is 16.3. The monoisotopic (exact) mass is 245 g/mol. The predicted octanol–water partition coefficient (Wildman–Crippen LogP) is 2.14. The van der Waals surface area contributed by atoms with Crippen LogP contribution in [0.25, 0.3) is 0 Å². The largest absolute Gasteiger partial charge is 0.449 e. The van der Waals surface area contributed by atoms with Crippen LogP contribution in [0.2, 0.25) is 0 Å². The summed E-state index contributed by atoms with van der Waals surface area (Å²) in [5.41, 5.74) is 7.71. The number of nitrogens with two attached hydrogens (primary N) is 1. The van der Waals surface area contributed by atoms with Gasteiger partial charge in [-0.15, -0.1) is 0 Å². The summed E-state index contributed by atoms with van der Waals surface area (Å²) in [7, 11) is 0.